The number of para-hydroxylation sites is 1. The molecule has 0 spiro atoms. The average molecular weight is 308 g/mol. The van der Waals surface area contributed by atoms with E-state index >= 15 is 0 Å². The molecule has 0 saturated carbocycles. The van der Waals surface area contributed by atoms with Gasteiger partial charge in [0.25, 0.3) is 5.91 Å². The van der Waals surface area contributed by atoms with Crippen molar-refractivity contribution in [1.82, 2.24) is 5.32 Å². The van der Waals surface area contributed by atoms with Gasteiger partial charge in [-0.3, -0.25) is 10.6 Å². The number of hydrazine groups is 1. The van der Waals surface area contributed by atoms with Crippen LogP contribution in [0.3, 0.4) is 0 Å². The number of hydrogen-bond donors (Lipinski definition) is 3. The van der Waals surface area contributed by atoms with E-state index in [1.165, 1.54) is 18.2 Å². The third-order valence-corrected chi connectivity index (χ3v) is 3.33. The second-order valence-corrected chi connectivity index (χ2v) is 4.99. The van der Waals surface area contributed by atoms with Crippen molar-refractivity contribution in [3.8, 4) is 0 Å². The first-order valence-electron chi connectivity index (χ1n) is 6.34. The van der Waals surface area contributed by atoms with Gasteiger partial charge in [0.2, 0.25) is 0 Å². The largest absolute Gasteiger partial charge is 0.345 e. The van der Waals surface area contributed by atoms with Crippen LogP contribution in [-0.4, -0.2) is 5.91 Å². The van der Waals surface area contributed by atoms with Gasteiger partial charge in [-0.15, -0.1) is 0 Å². The summed E-state index contributed by atoms with van der Waals surface area (Å²) >= 11 is 5.92. The molecule has 4 nitrogen and oxygen atoms in total. The minimum Gasteiger partial charge on any atom is -0.345 e. The van der Waals surface area contributed by atoms with Crippen LogP contribution in [0.1, 0.15) is 28.9 Å². The molecule has 6 heteroatoms. The fourth-order valence-corrected chi connectivity index (χ4v) is 2.19. The maximum absolute atomic E-state index is 13.6. The highest BCUT2D eigenvalue weighted by molar-refractivity contribution is 6.30. The van der Waals surface area contributed by atoms with Crippen molar-refractivity contribution >= 4 is 23.2 Å². The van der Waals surface area contributed by atoms with Crippen LogP contribution in [0.5, 0.6) is 0 Å². The molecule has 2 aromatic rings. The van der Waals surface area contributed by atoms with Crippen molar-refractivity contribution in [2.45, 2.75) is 13.0 Å². The van der Waals surface area contributed by atoms with E-state index in [0.717, 1.165) is 5.56 Å². The van der Waals surface area contributed by atoms with Gasteiger partial charge in [-0.05, 0) is 36.8 Å². The van der Waals surface area contributed by atoms with E-state index in [1.54, 1.807) is 18.2 Å². The van der Waals surface area contributed by atoms with Gasteiger partial charge in [-0.2, -0.15) is 0 Å². The standard InChI is InChI=1S/C15H15ClFN3O/c1-9(10-4-2-5-11(16)8-10)19-15(21)12-6-3-7-13(17)14(12)20-18/h2-9,20H,18H2,1H3,(H,19,21). The summed E-state index contributed by atoms with van der Waals surface area (Å²) in [6, 6.07) is 11.1. The molecule has 21 heavy (non-hydrogen) atoms. The Labute approximate surface area is 127 Å². The number of nitrogens with one attached hydrogen (secondary N) is 2. The zero-order valence-electron chi connectivity index (χ0n) is 11.4. The lowest BCUT2D eigenvalue weighted by atomic mass is 10.1. The van der Waals surface area contributed by atoms with Crippen LogP contribution in [0.4, 0.5) is 10.1 Å². The Hall–Kier alpha value is -2.11. The van der Waals surface area contributed by atoms with Crippen molar-refractivity contribution in [3.05, 3.63) is 64.4 Å². The van der Waals surface area contributed by atoms with Crippen LogP contribution in [0.15, 0.2) is 42.5 Å². The van der Waals surface area contributed by atoms with Crippen LogP contribution in [0.25, 0.3) is 0 Å². The van der Waals surface area contributed by atoms with Crippen LogP contribution in [-0.2, 0) is 0 Å². The monoisotopic (exact) mass is 307 g/mol. The molecule has 0 radical (unpaired) electrons. The smallest absolute Gasteiger partial charge is 0.254 e. The molecule has 0 heterocycles. The lowest BCUT2D eigenvalue weighted by Crippen LogP contribution is -2.28. The highest BCUT2D eigenvalue weighted by Gasteiger charge is 2.17. The Morgan fingerprint density at radius 1 is 1.29 bits per heavy atom. The molecular formula is C15H15ClFN3O. The Balaban J connectivity index is 2.20. The van der Waals surface area contributed by atoms with E-state index in [0.29, 0.717) is 5.02 Å². The molecule has 110 valence electrons. The number of nitrogen functional groups attached to an aromatic ring is 1. The molecule has 1 unspecified atom stereocenters. The first-order chi connectivity index (χ1) is 10.0. The van der Waals surface area contributed by atoms with Gasteiger partial charge in [0.05, 0.1) is 17.3 Å². The van der Waals surface area contributed by atoms with Gasteiger partial charge in [0, 0.05) is 5.02 Å². The molecule has 4 N–H and O–H groups in total. The molecule has 0 aliphatic heterocycles. The molecule has 2 aromatic carbocycles. The number of anilines is 1. The Morgan fingerprint density at radius 2 is 2.00 bits per heavy atom. The minimum absolute atomic E-state index is 0.0340. The number of rotatable bonds is 4. The van der Waals surface area contributed by atoms with E-state index in [4.69, 9.17) is 17.4 Å². The van der Waals surface area contributed by atoms with Crippen molar-refractivity contribution in [3.63, 3.8) is 0 Å². The van der Waals surface area contributed by atoms with Crippen LogP contribution in [0, 0.1) is 5.82 Å². The lowest BCUT2D eigenvalue weighted by molar-refractivity contribution is 0.0940. The molecule has 0 aliphatic carbocycles. The highest BCUT2D eigenvalue weighted by Crippen LogP contribution is 2.21. The molecule has 0 bridgehead atoms. The summed E-state index contributed by atoms with van der Waals surface area (Å²) in [5, 5.41) is 3.37. The fraction of sp³-hybridized carbons (Fsp3) is 0.133. The third kappa shape index (κ3) is 3.51. The van der Waals surface area contributed by atoms with E-state index in [1.807, 2.05) is 13.0 Å². The lowest BCUT2D eigenvalue weighted by Gasteiger charge is -2.16. The van der Waals surface area contributed by atoms with Gasteiger partial charge in [-0.1, -0.05) is 29.8 Å². The predicted molar refractivity (Wildman–Crippen MR) is 81.5 cm³/mol. The van der Waals surface area contributed by atoms with E-state index in [9.17, 15) is 9.18 Å². The van der Waals surface area contributed by atoms with Crippen molar-refractivity contribution in [1.29, 1.82) is 0 Å². The number of hydrogen-bond acceptors (Lipinski definition) is 3. The first-order valence-corrected chi connectivity index (χ1v) is 6.72. The summed E-state index contributed by atoms with van der Waals surface area (Å²) in [7, 11) is 0. The zero-order chi connectivity index (χ0) is 15.4. The molecule has 1 amide bonds. The van der Waals surface area contributed by atoms with Crippen LogP contribution >= 0.6 is 11.6 Å². The van der Waals surface area contributed by atoms with E-state index in [2.05, 4.69) is 10.7 Å². The average Bonchev–Trinajstić information content (AvgIpc) is 2.46. The van der Waals surface area contributed by atoms with Gasteiger partial charge in [-0.25, -0.2) is 4.39 Å². The SMILES string of the molecule is CC(NC(=O)c1cccc(F)c1NN)c1cccc(Cl)c1. The third-order valence-electron chi connectivity index (χ3n) is 3.10. The summed E-state index contributed by atoms with van der Waals surface area (Å²) < 4.78 is 13.6. The molecule has 0 fully saturated rings. The summed E-state index contributed by atoms with van der Waals surface area (Å²) in [6.45, 7) is 1.82. The van der Waals surface area contributed by atoms with E-state index < -0.39 is 11.7 Å². The molecular weight excluding hydrogens is 293 g/mol. The molecule has 1 atom stereocenters. The van der Waals surface area contributed by atoms with Crippen molar-refractivity contribution < 1.29 is 9.18 Å². The van der Waals surface area contributed by atoms with E-state index in [-0.39, 0.29) is 17.3 Å². The molecule has 2 rings (SSSR count). The zero-order valence-corrected chi connectivity index (χ0v) is 12.1. The minimum atomic E-state index is -0.583. The Bertz CT molecular complexity index is 663. The molecule has 0 aliphatic rings. The van der Waals surface area contributed by atoms with Crippen molar-refractivity contribution in [2.75, 3.05) is 5.43 Å². The number of carbonyl (C=O) groups excluding carboxylic acids is 1. The normalized spacial score (nSPS) is 11.8. The topological polar surface area (TPSA) is 67.2 Å². The summed E-state index contributed by atoms with van der Waals surface area (Å²) in [4.78, 5) is 12.2. The summed E-state index contributed by atoms with van der Waals surface area (Å²) in [6.07, 6.45) is 0. The Kier molecular flexibility index (Phi) is 4.77. The molecule has 0 saturated heterocycles. The van der Waals surface area contributed by atoms with Gasteiger partial charge in [0.1, 0.15) is 5.82 Å². The second kappa shape index (κ2) is 6.56. The van der Waals surface area contributed by atoms with Gasteiger partial charge in [0.15, 0.2) is 0 Å². The van der Waals surface area contributed by atoms with Crippen molar-refractivity contribution in [2.24, 2.45) is 5.84 Å². The summed E-state index contributed by atoms with van der Waals surface area (Å²) in [5.41, 5.74) is 3.18. The highest BCUT2D eigenvalue weighted by atomic mass is 35.5. The van der Waals surface area contributed by atoms with Crippen LogP contribution < -0.4 is 16.6 Å². The predicted octanol–water partition coefficient (Wildman–Crippen LogP) is 3.26. The number of carbonyl (C=O) groups is 1. The Morgan fingerprint density at radius 3 is 2.67 bits per heavy atom. The number of halogens is 2. The van der Waals surface area contributed by atoms with Crippen LogP contribution in [0.2, 0.25) is 5.02 Å². The first kappa shape index (κ1) is 15.3. The summed E-state index contributed by atoms with van der Waals surface area (Å²) in [5.74, 6) is 4.26. The maximum Gasteiger partial charge on any atom is 0.254 e. The second-order valence-electron chi connectivity index (χ2n) is 4.56. The number of amides is 1. The fourth-order valence-electron chi connectivity index (χ4n) is 1.99. The quantitative estimate of drug-likeness (QED) is 0.600. The van der Waals surface area contributed by atoms with Gasteiger partial charge < -0.3 is 10.7 Å². The molecule has 0 aromatic heterocycles. The number of nitrogens with two attached hydrogens (primary N) is 1. The van der Waals surface area contributed by atoms with Gasteiger partial charge >= 0.3 is 0 Å². The maximum atomic E-state index is 13.6. The number of benzene rings is 2.